The summed E-state index contributed by atoms with van der Waals surface area (Å²) in [5.41, 5.74) is 10.6. The lowest BCUT2D eigenvalue weighted by molar-refractivity contribution is 0.0186. The summed E-state index contributed by atoms with van der Waals surface area (Å²) in [7, 11) is 0. The van der Waals surface area contributed by atoms with Crippen molar-refractivity contribution in [1.29, 1.82) is 0 Å². The van der Waals surface area contributed by atoms with E-state index in [0.717, 1.165) is 0 Å². The largest absolute Gasteiger partial charge is 0.454 e. The molecule has 0 unspecified atom stereocenters. The van der Waals surface area contributed by atoms with Crippen molar-refractivity contribution >= 4 is 18.0 Å². The van der Waals surface area contributed by atoms with E-state index in [0.29, 0.717) is 37.9 Å². The van der Waals surface area contributed by atoms with Crippen LogP contribution in [0.25, 0.3) is 0 Å². The number of furan rings is 1. The Hall–Kier alpha value is -2.71. The van der Waals surface area contributed by atoms with Crippen molar-refractivity contribution in [2.75, 3.05) is 26.2 Å². The Bertz CT molecular complexity index is 654. The average molecular weight is 351 g/mol. The fourth-order valence-corrected chi connectivity index (χ4v) is 2.30. The van der Waals surface area contributed by atoms with Crippen LogP contribution in [0.4, 0.5) is 4.79 Å². The third-order valence-electron chi connectivity index (χ3n) is 3.56. The number of ether oxygens (including phenoxy) is 1. The number of guanidine groups is 1. The molecule has 9 nitrogen and oxygen atoms in total. The van der Waals surface area contributed by atoms with Gasteiger partial charge in [0, 0.05) is 26.2 Å². The molecule has 0 bridgehead atoms. The quantitative estimate of drug-likeness (QED) is 0.611. The molecule has 0 aliphatic carbocycles. The second-order valence-corrected chi connectivity index (χ2v) is 6.76. The molecule has 1 aromatic rings. The summed E-state index contributed by atoms with van der Waals surface area (Å²) in [6.45, 7) is 7.89. The molecule has 138 valence electrons. The Balaban J connectivity index is 1.84. The lowest BCUT2D eigenvalue weighted by Crippen LogP contribution is -2.53. The van der Waals surface area contributed by atoms with E-state index in [9.17, 15) is 9.59 Å². The Labute approximate surface area is 146 Å². The number of amides is 2. The van der Waals surface area contributed by atoms with Crippen molar-refractivity contribution < 1.29 is 18.7 Å². The maximum atomic E-state index is 12.0. The minimum Gasteiger partial charge on any atom is -0.454 e. The fraction of sp³-hybridized carbons (Fsp3) is 0.562. The Kier molecular flexibility index (Phi) is 5.55. The number of hydrogen-bond acceptors (Lipinski definition) is 5. The van der Waals surface area contributed by atoms with E-state index in [1.807, 2.05) is 25.7 Å². The van der Waals surface area contributed by atoms with Crippen molar-refractivity contribution in [2.45, 2.75) is 32.9 Å². The van der Waals surface area contributed by atoms with Crippen LogP contribution in [-0.2, 0) is 11.3 Å². The molecule has 0 radical (unpaired) electrons. The summed E-state index contributed by atoms with van der Waals surface area (Å²) in [6, 6.07) is 3.14. The number of nitrogens with zero attached hydrogens (tertiary/aromatic N) is 3. The molecule has 2 rings (SSSR count). The number of carbonyl (C=O) groups is 2. The van der Waals surface area contributed by atoms with E-state index in [1.165, 1.54) is 6.07 Å². The van der Waals surface area contributed by atoms with E-state index >= 15 is 0 Å². The Morgan fingerprint density at radius 1 is 1.16 bits per heavy atom. The Morgan fingerprint density at radius 3 is 2.28 bits per heavy atom. The lowest BCUT2D eigenvalue weighted by atomic mass is 10.2. The van der Waals surface area contributed by atoms with Gasteiger partial charge >= 0.3 is 6.09 Å². The summed E-state index contributed by atoms with van der Waals surface area (Å²) in [5.74, 6) is 0.334. The standard InChI is InChI=1S/C16H25N5O4/c1-16(2,3)25-15(23)21-8-6-20(7-9-21)14(18)19-10-11-4-5-12(24-11)13(17)22/h4-5H,6-10H2,1-3H3,(H2,17,22)(H2,18,19). The summed E-state index contributed by atoms with van der Waals surface area (Å²) in [5, 5.41) is 0. The molecule has 0 saturated carbocycles. The van der Waals surface area contributed by atoms with Crippen LogP contribution in [0, 0.1) is 0 Å². The van der Waals surface area contributed by atoms with Gasteiger partial charge in [0.25, 0.3) is 5.91 Å². The van der Waals surface area contributed by atoms with Crippen LogP contribution in [0.5, 0.6) is 0 Å². The highest BCUT2D eigenvalue weighted by Gasteiger charge is 2.26. The SMILES string of the molecule is CC(C)(C)OC(=O)N1CCN(C(N)=NCc2ccc(C(N)=O)o2)CC1. The number of aliphatic imine (C=N–C) groups is 1. The number of rotatable bonds is 3. The fourth-order valence-electron chi connectivity index (χ4n) is 2.30. The van der Waals surface area contributed by atoms with Gasteiger partial charge in [-0.05, 0) is 32.9 Å². The zero-order chi connectivity index (χ0) is 18.6. The van der Waals surface area contributed by atoms with Gasteiger partial charge in [-0.15, -0.1) is 0 Å². The molecule has 0 aromatic carbocycles. The van der Waals surface area contributed by atoms with Crippen LogP contribution >= 0.6 is 0 Å². The first-order chi connectivity index (χ1) is 11.7. The van der Waals surface area contributed by atoms with Gasteiger partial charge in [-0.25, -0.2) is 9.79 Å². The first-order valence-electron chi connectivity index (χ1n) is 8.07. The smallest absolute Gasteiger partial charge is 0.410 e. The summed E-state index contributed by atoms with van der Waals surface area (Å²) in [4.78, 5) is 30.8. The third kappa shape index (κ3) is 5.40. The Morgan fingerprint density at radius 2 is 1.76 bits per heavy atom. The number of carbonyl (C=O) groups excluding carboxylic acids is 2. The van der Waals surface area contributed by atoms with Gasteiger partial charge in [0.2, 0.25) is 0 Å². The minimum atomic E-state index is -0.624. The molecule has 25 heavy (non-hydrogen) atoms. The summed E-state index contributed by atoms with van der Waals surface area (Å²) in [6.07, 6.45) is -0.322. The van der Waals surface area contributed by atoms with E-state index < -0.39 is 11.5 Å². The maximum absolute atomic E-state index is 12.0. The van der Waals surface area contributed by atoms with Crippen LogP contribution in [0.15, 0.2) is 21.5 Å². The topological polar surface area (TPSA) is 127 Å². The van der Waals surface area contributed by atoms with Crippen LogP contribution < -0.4 is 11.5 Å². The highest BCUT2D eigenvalue weighted by atomic mass is 16.6. The van der Waals surface area contributed by atoms with Gasteiger partial charge in [0.1, 0.15) is 17.9 Å². The van der Waals surface area contributed by atoms with Crippen molar-refractivity contribution in [1.82, 2.24) is 9.80 Å². The number of hydrogen-bond donors (Lipinski definition) is 2. The van der Waals surface area contributed by atoms with Gasteiger partial charge in [-0.3, -0.25) is 4.79 Å². The molecule has 1 fully saturated rings. The van der Waals surface area contributed by atoms with E-state index in [1.54, 1.807) is 11.0 Å². The van der Waals surface area contributed by atoms with Gasteiger partial charge in [-0.2, -0.15) is 0 Å². The van der Waals surface area contributed by atoms with Gasteiger partial charge in [-0.1, -0.05) is 0 Å². The molecule has 0 spiro atoms. The van der Waals surface area contributed by atoms with Crippen LogP contribution in [0.1, 0.15) is 37.1 Å². The second kappa shape index (κ2) is 7.45. The van der Waals surface area contributed by atoms with Crippen molar-refractivity contribution in [2.24, 2.45) is 16.5 Å². The molecule has 1 aliphatic heterocycles. The van der Waals surface area contributed by atoms with Crippen LogP contribution in [-0.4, -0.2) is 59.5 Å². The molecule has 2 amide bonds. The van der Waals surface area contributed by atoms with E-state index in [4.69, 9.17) is 20.6 Å². The predicted octanol–water partition coefficient (Wildman–Crippen LogP) is 0.746. The number of primary amides is 1. The molecule has 1 aromatic heterocycles. The molecule has 9 heteroatoms. The zero-order valence-electron chi connectivity index (χ0n) is 14.8. The third-order valence-corrected chi connectivity index (χ3v) is 3.56. The van der Waals surface area contributed by atoms with Crippen LogP contribution in [0.2, 0.25) is 0 Å². The van der Waals surface area contributed by atoms with Crippen molar-refractivity contribution in [3.63, 3.8) is 0 Å². The lowest BCUT2D eigenvalue weighted by Gasteiger charge is -2.36. The number of piperazine rings is 1. The van der Waals surface area contributed by atoms with E-state index in [2.05, 4.69) is 4.99 Å². The molecule has 4 N–H and O–H groups in total. The molecular weight excluding hydrogens is 326 g/mol. The molecule has 0 atom stereocenters. The van der Waals surface area contributed by atoms with Gasteiger partial charge in [0.05, 0.1) is 0 Å². The monoisotopic (exact) mass is 351 g/mol. The second-order valence-electron chi connectivity index (χ2n) is 6.76. The zero-order valence-corrected chi connectivity index (χ0v) is 14.8. The molecule has 1 aliphatic rings. The molecule has 1 saturated heterocycles. The van der Waals surface area contributed by atoms with Crippen molar-refractivity contribution in [3.05, 3.63) is 23.7 Å². The van der Waals surface area contributed by atoms with Crippen molar-refractivity contribution in [3.8, 4) is 0 Å². The first-order valence-corrected chi connectivity index (χ1v) is 8.07. The highest BCUT2D eigenvalue weighted by molar-refractivity contribution is 5.89. The number of nitrogens with two attached hydrogens (primary N) is 2. The highest BCUT2D eigenvalue weighted by Crippen LogP contribution is 2.12. The minimum absolute atomic E-state index is 0.0924. The summed E-state index contributed by atoms with van der Waals surface area (Å²) < 4.78 is 10.6. The molecular formula is C16H25N5O4. The predicted molar refractivity (Wildman–Crippen MR) is 91.9 cm³/mol. The van der Waals surface area contributed by atoms with E-state index in [-0.39, 0.29) is 18.4 Å². The summed E-state index contributed by atoms with van der Waals surface area (Å²) >= 11 is 0. The average Bonchev–Trinajstić information content (AvgIpc) is 3.00. The van der Waals surface area contributed by atoms with Crippen LogP contribution in [0.3, 0.4) is 0 Å². The maximum Gasteiger partial charge on any atom is 0.410 e. The first kappa shape index (κ1) is 18.6. The van der Waals surface area contributed by atoms with Gasteiger partial charge < -0.3 is 30.4 Å². The normalized spacial score (nSPS) is 16.0. The van der Waals surface area contributed by atoms with Gasteiger partial charge in [0.15, 0.2) is 11.7 Å². The molecule has 2 heterocycles.